The van der Waals surface area contributed by atoms with Crippen LogP contribution < -0.4 is 5.32 Å². The SMILES string of the molecule is CCCCCCCCCCCCCCCCC(CC(=O)O)C(=O)NCC(C)(SCc1ccccc1)C(=O)N(C)C. The number of carboxylic acids is 1. The van der Waals surface area contributed by atoms with Crippen molar-refractivity contribution >= 4 is 29.5 Å². The lowest BCUT2D eigenvalue weighted by Crippen LogP contribution is -2.50. The standard InChI is InChI=1S/C33H56N2O4S/c1-5-6-7-8-9-10-11-12-13-14-15-16-17-21-24-29(25-30(36)37)31(38)34-27-33(2,32(39)35(3)4)40-26-28-22-19-18-20-23-28/h18-20,22-23,29H,5-17,21,24-27H2,1-4H3,(H,34,38)(H,36,37). The van der Waals surface area contributed by atoms with E-state index in [1.54, 1.807) is 19.0 Å². The van der Waals surface area contributed by atoms with Crippen molar-refractivity contribution in [1.82, 2.24) is 10.2 Å². The van der Waals surface area contributed by atoms with Crippen molar-refractivity contribution in [2.45, 2.75) is 127 Å². The van der Waals surface area contributed by atoms with Crippen LogP contribution >= 0.6 is 11.8 Å². The molecule has 1 rings (SSSR count). The van der Waals surface area contributed by atoms with Crippen LogP contribution in [0, 0.1) is 5.92 Å². The van der Waals surface area contributed by atoms with Gasteiger partial charge < -0.3 is 15.3 Å². The van der Waals surface area contributed by atoms with Crippen molar-refractivity contribution in [1.29, 1.82) is 0 Å². The van der Waals surface area contributed by atoms with Crippen LogP contribution in [0.25, 0.3) is 0 Å². The van der Waals surface area contributed by atoms with Gasteiger partial charge in [0.25, 0.3) is 0 Å². The van der Waals surface area contributed by atoms with Crippen molar-refractivity contribution in [3.05, 3.63) is 35.9 Å². The summed E-state index contributed by atoms with van der Waals surface area (Å²) in [5, 5.41) is 12.3. The van der Waals surface area contributed by atoms with E-state index in [-0.39, 0.29) is 24.8 Å². The van der Waals surface area contributed by atoms with Gasteiger partial charge in [0.1, 0.15) is 4.75 Å². The van der Waals surface area contributed by atoms with E-state index in [0.29, 0.717) is 12.2 Å². The van der Waals surface area contributed by atoms with E-state index in [4.69, 9.17) is 0 Å². The summed E-state index contributed by atoms with van der Waals surface area (Å²) in [5.74, 6) is -1.24. The highest BCUT2D eigenvalue weighted by Crippen LogP contribution is 2.30. The van der Waals surface area contributed by atoms with Gasteiger partial charge in [-0.25, -0.2) is 0 Å². The molecule has 0 aliphatic heterocycles. The van der Waals surface area contributed by atoms with Crippen LogP contribution in [0.2, 0.25) is 0 Å². The number of thioether (sulfide) groups is 1. The second-order valence-corrected chi connectivity index (χ2v) is 13.1. The molecule has 0 saturated heterocycles. The van der Waals surface area contributed by atoms with Crippen LogP contribution in [0.3, 0.4) is 0 Å². The first kappa shape index (κ1) is 36.0. The molecule has 0 fully saturated rings. The molecule has 6 nitrogen and oxygen atoms in total. The lowest BCUT2D eigenvalue weighted by molar-refractivity contribution is -0.141. The molecule has 2 amide bonds. The smallest absolute Gasteiger partial charge is 0.304 e. The third-order valence-electron chi connectivity index (χ3n) is 7.56. The lowest BCUT2D eigenvalue weighted by Gasteiger charge is -2.31. The van der Waals surface area contributed by atoms with Gasteiger partial charge in [0.15, 0.2) is 0 Å². The van der Waals surface area contributed by atoms with Gasteiger partial charge in [0.05, 0.1) is 6.42 Å². The Kier molecular flexibility index (Phi) is 19.5. The molecule has 40 heavy (non-hydrogen) atoms. The number of aliphatic carboxylic acids is 1. The Morgan fingerprint density at radius 3 is 1.82 bits per heavy atom. The number of unbranched alkanes of at least 4 members (excludes halogenated alkanes) is 13. The first-order valence-corrected chi connectivity index (χ1v) is 16.6. The normalized spacial score (nSPS) is 13.4. The molecule has 0 aliphatic carbocycles. The molecule has 2 unspecified atom stereocenters. The average Bonchev–Trinajstić information content (AvgIpc) is 2.94. The number of amides is 2. The maximum atomic E-state index is 13.0. The Morgan fingerprint density at radius 2 is 1.35 bits per heavy atom. The zero-order valence-corrected chi connectivity index (χ0v) is 26.5. The monoisotopic (exact) mass is 576 g/mol. The zero-order chi connectivity index (χ0) is 29.6. The zero-order valence-electron chi connectivity index (χ0n) is 25.7. The topological polar surface area (TPSA) is 86.7 Å². The number of carbonyl (C=O) groups excluding carboxylic acids is 2. The van der Waals surface area contributed by atoms with Crippen LogP contribution in [0.1, 0.15) is 122 Å². The first-order valence-electron chi connectivity index (χ1n) is 15.6. The molecule has 0 aromatic heterocycles. The van der Waals surface area contributed by atoms with E-state index in [1.165, 1.54) is 82.4 Å². The average molecular weight is 577 g/mol. The second-order valence-electron chi connectivity index (χ2n) is 11.6. The maximum Gasteiger partial charge on any atom is 0.304 e. The van der Waals surface area contributed by atoms with E-state index < -0.39 is 16.6 Å². The van der Waals surface area contributed by atoms with E-state index in [9.17, 15) is 19.5 Å². The number of hydrogen-bond donors (Lipinski definition) is 2. The lowest BCUT2D eigenvalue weighted by atomic mass is 9.95. The van der Waals surface area contributed by atoms with Crippen LogP contribution in [0.4, 0.5) is 0 Å². The minimum Gasteiger partial charge on any atom is -0.481 e. The molecule has 0 saturated carbocycles. The second kappa shape index (κ2) is 21.7. The summed E-state index contributed by atoms with van der Waals surface area (Å²) in [6, 6.07) is 9.93. The van der Waals surface area contributed by atoms with Crippen molar-refractivity contribution < 1.29 is 19.5 Å². The van der Waals surface area contributed by atoms with Crippen LogP contribution in [0.15, 0.2) is 30.3 Å². The molecule has 0 spiro atoms. The highest BCUT2D eigenvalue weighted by atomic mass is 32.2. The molecular formula is C33H56N2O4S. The Balaban J connectivity index is 2.40. The fourth-order valence-electron chi connectivity index (χ4n) is 5.00. The molecule has 7 heteroatoms. The Morgan fingerprint density at radius 1 is 0.850 bits per heavy atom. The molecule has 228 valence electrons. The van der Waals surface area contributed by atoms with Crippen LogP contribution in [-0.2, 0) is 20.1 Å². The van der Waals surface area contributed by atoms with Gasteiger partial charge in [0, 0.05) is 32.3 Å². The van der Waals surface area contributed by atoms with Crippen molar-refractivity contribution in [2.75, 3.05) is 20.6 Å². The summed E-state index contributed by atoms with van der Waals surface area (Å²) in [4.78, 5) is 39.1. The highest BCUT2D eigenvalue weighted by Gasteiger charge is 2.36. The van der Waals surface area contributed by atoms with E-state index in [0.717, 1.165) is 24.8 Å². The van der Waals surface area contributed by atoms with E-state index >= 15 is 0 Å². The number of benzene rings is 1. The van der Waals surface area contributed by atoms with Gasteiger partial charge in [-0.3, -0.25) is 14.4 Å². The molecule has 0 heterocycles. The van der Waals surface area contributed by atoms with Gasteiger partial charge in [-0.1, -0.05) is 127 Å². The summed E-state index contributed by atoms with van der Waals surface area (Å²) in [6.45, 7) is 4.27. The number of hydrogen-bond acceptors (Lipinski definition) is 4. The maximum absolute atomic E-state index is 13.0. The summed E-state index contributed by atoms with van der Waals surface area (Å²) >= 11 is 1.50. The summed E-state index contributed by atoms with van der Waals surface area (Å²) in [6.07, 6.45) is 18.0. The minimum absolute atomic E-state index is 0.0736. The van der Waals surface area contributed by atoms with Gasteiger partial charge in [-0.05, 0) is 18.9 Å². The first-order chi connectivity index (χ1) is 19.2. The van der Waals surface area contributed by atoms with E-state index in [2.05, 4.69) is 12.2 Å². The molecule has 2 atom stereocenters. The third kappa shape index (κ3) is 16.3. The molecule has 1 aromatic carbocycles. The number of carboxylic acid groups (broad SMARTS) is 1. The molecule has 2 N–H and O–H groups in total. The van der Waals surface area contributed by atoms with Crippen molar-refractivity contribution in [2.24, 2.45) is 5.92 Å². The quantitative estimate of drug-likeness (QED) is 0.122. The highest BCUT2D eigenvalue weighted by molar-refractivity contribution is 8.00. The van der Waals surface area contributed by atoms with Crippen molar-refractivity contribution in [3.63, 3.8) is 0 Å². The van der Waals surface area contributed by atoms with Crippen molar-refractivity contribution in [3.8, 4) is 0 Å². The summed E-state index contributed by atoms with van der Waals surface area (Å²) < 4.78 is -0.849. The molecule has 0 aliphatic rings. The Hall–Kier alpha value is -2.02. The van der Waals surface area contributed by atoms with Gasteiger partial charge in [0.2, 0.25) is 11.8 Å². The van der Waals surface area contributed by atoms with Crippen LogP contribution in [0.5, 0.6) is 0 Å². The predicted molar refractivity (Wildman–Crippen MR) is 169 cm³/mol. The largest absolute Gasteiger partial charge is 0.481 e. The molecule has 0 radical (unpaired) electrons. The Labute approximate surface area is 248 Å². The fourth-order valence-corrected chi connectivity index (χ4v) is 6.16. The van der Waals surface area contributed by atoms with Crippen LogP contribution in [-0.4, -0.2) is 53.2 Å². The fraction of sp³-hybridized carbons (Fsp3) is 0.727. The molecule has 1 aromatic rings. The number of rotatable bonds is 24. The third-order valence-corrected chi connectivity index (χ3v) is 8.99. The molecular weight excluding hydrogens is 520 g/mol. The van der Waals surface area contributed by atoms with Gasteiger partial charge >= 0.3 is 5.97 Å². The summed E-state index contributed by atoms with van der Waals surface area (Å²) in [7, 11) is 3.43. The summed E-state index contributed by atoms with van der Waals surface area (Å²) in [5.41, 5.74) is 1.11. The number of carbonyl (C=O) groups is 3. The Bertz CT molecular complexity index is 833. The molecule has 0 bridgehead atoms. The number of nitrogens with zero attached hydrogens (tertiary/aromatic N) is 1. The minimum atomic E-state index is -0.962. The number of nitrogens with one attached hydrogen (secondary N) is 1. The van der Waals surface area contributed by atoms with Gasteiger partial charge in [-0.15, -0.1) is 11.8 Å². The predicted octanol–water partition coefficient (Wildman–Crippen LogP) is 7.85. The van der Waals surface area contributed by atoms with E-state index in [1.807, 2.05) is 37.3 Å². The van der Waals surface area contributed by atoms with Gasteiger partial charge in [-0.2, -0.15) is 0 Å².